The van der Waals surface area contributed by atoms with Gasteiger partial charge in [0.1, 0.15) is 29.7 Å². The second kappa shape index (κ2) is 17.2. The standard InChI is InChI=1S/C41H55N3O6.BrH/c1-40(2,43-26-38(47)31-13-18-37(46)36(25-31)42-29-45)32-14-16-35(17-15-32)49-24-8-21-44-22-19-30(20-23-44)39(27-44)50-28-41(48,34-11-6-7-12-34)33-9-4-3-5-10-33;/h3-5,9-10,13-18,25,29-30,34,38-39,43,47-48H,6-8,11-12,19-24,26-28H2,1-2H3,(H-,42,45,46);1H/t30?,38-,39-,41+,44?;/m0./s1. The van der Waals surface area contributed by atoms with Crippen LogP contribution in [0.4, 0.5) is 5.69 Å². The van der Waals surface area contributed by atoms with E-state index >= 15 is 0 Å². The number of ether oxygens (including phenoxy) is 2. The van der Waals surface area contributed by atoms with Crippen LogP contribution in [0.25, 0.3) is 0 Å². The van der Waals surface area contributed by atoms with Crippen LogP contribution >= 0.6 is 0 Å². The Labute approximate surface area is 313 Å². The molecule has 7 rings (SSSR count). The molecule has 3 heterocycles. The third-order valence-electron chi connectivity index (χ3n) is 11.8. The Hall–Kier alpha value is -2.99. The van der Waals surface area contributed by atoms with E-state index in [4.69, 9.17) is 9.47 Å². The van der Waals surface area contributed by atoms with Crippen LogP contribution in [0.3, 0.4) is 0 Å². The molecule has 3 atom stereocenters. The van der Waals surface area contributed by atoms with Crippen molar-refractivity contribution in [2.75, 3.05) is 51.3 Å². The Morgan fingerprint density at radius 1 is 0.961 bits per heavy atom. The Balaban J connectivity index is 0.00000504. The summed E-state index contributed by atoms with van der Waals surface area (Å²) in [5.74, 6) is 1.64. The number of halogens is 1. The number of fused-ring (bicyclic) bond motifs is 3. The van der Waals surface area contributed by atoms with Crippen molar-refractivity contribution in [2.24, 2.45) is 11.8 Å². The number of carbonyl (C=O) groups is 1. The number of amides is 1. The number of aliphatic hydroxyl groups is 2. The Bertz CT molecular complexity index is 1540. The SMILES string of the molecule is CC(C)(NC[C@H](O)c1ccc(O)c(NC=O)c1)c1ccc(OCCC[N+]23CCC(CC2)[C@@H](OC[C@@](O)(c2ccccc2)C2CCCC2)C3)cc1.[Br-]. The molecule has 0 unspecified atom stereocenters. The average molecular weight is 767 g/mol. The fraction of sp³-hybridized carbons (Fsp3) is 0.537. The third-order valence-corrected chi connectivity index (χ3v) is 11.8. The van der Waals surface area contributed by atoms with Gasteiger partial charge in [-0.05, 0) is 73.6 Å². The first kappa shape index (κ1) is 39.2. The van der Waals surface area contributed by atoms with Crippen LogP contribution in [-0.2, 0) is 20.7 Å². The lowest BCUT2D eigenvalue weighted by molar-refractivity contribution is -0.946. The van der Waals surface area contributed by atoms with Gasteiger partial charge in [-0.15, -0.1) is 0 Å². The number of benzene rings is 3. The predicted molar refractivity (Wildman–Crippen MR) is 195 cm³/mol. The highest BCUT2D eigenvalue weighted by molar-refractivity contribution is 5.75. The van der Waals surface area contributed by atoms with Crippen molar-refractivity contribution in [3.63, 3.8) is 0 Å². The third kappa shape index (κ3) is 9.33. The largest absolute Gasteiger partial charge is 1.00 e. The normalized spacial score (nSPS) is 23.6. The Morgan fingerprint density at radius 2 is 1.67 bits per heavy atom. The van der Waals surface area contributed by atoms with Gasteiger partial charge in [-0.3, -0.25) is 4.79 Å². The van der Waals surface area contributed by atoms with Crippen molar-refractivity contribution in [3.05, 3.63) is 89.5 Å². The molecule has 10 heteroatoms. The van der Waals surface area contributed by atoms with E-state index in [9.17, 15) is 20.1 Å². The lowest BCUT2D eigenvalue weighted by Gasteiger charge is -2.53. The second-order valence-corrected chi connectivity index (χ2v) is 15.4. The number of piperidine rings is 3. The molecule has 0 radical (unpaired) electrons. The molecule has 3 saturated heterocycles. The summed E-state index contributed by atoms with van der Waals surface area (Å²) in [5.41, 5.74) is 1.59. The number of rotatable bonds is 17. The first-order valence-corrected chi connectivity index (χ1v) is 18.5. The van der Waals surface area contributed by atoms with E-state index < -0.39 is 17.2 Å². The monoisotopic (exact) mass is 765 g/mol. The number of anilines is 1. The van der Waals surface area contributed by atoms with E-state index in [1.165, 1.54) is 44.8 Å². The smallest absolute Gasteiger partial charge is 0.211 e. The van der Waals surface area contributed by atoms with Gasteiger partial charge < -0.3 is 56.9 Å². The molecule has 9 nitrogen and oxygen atoms in total. The number of hydrogen-bond donors (Lipinski definition) is 5. The van der Waals surface area contributed by atoms with E-state index in [0.717, 1.165) is 53.7 Å². The van der Waals surface area contributed by atoms with Gasteiger partial charge in [-0.2, -0.15) is 0 Å². The lowest BCUT2D eigenvalue weighted by atomic mass is 9.80. The topological polar surface area (TPSA) is 120 Å². The summed E-state index contributed by atoms with van der Waals surface area (Å²) in [6, 6.07) is 23.0. The fourth-order valence-electron chi connectivity index (χ4n) is 8.60. The van der Waals surface area contributed by atoms with E-state index in [0.29, 0.717) is 31.1 Å². The van der Waals surface area contributed by atoms with Gasteiger partial charge >= 0.3 is 0 Å². The number of aliphatic hydroxyl groups excluding tert-OH is 1. The number of aromatic hydroxyl groups is 1. The molecule has 2 bridgehead atoms. The predicted octanol–water partition coefficient (Wildman–Crippen LogP) is 3.00. The average Bonchev–Trinajstić information content (AvgIpc) is 3.70. The van der Waals surface area contributed by atoms with Crippen LogP contribution in [0.5, 0.6) is 11.5 Å². The number of phenols is 1. The first-order chi connectivity index (χ1) is 24.1. The molecular weight excluding hydrogens is 710 g/mol. The molecule has 1 amide bonds. The summed E-state index contributed by atoms with van der Waals surface area (Å²) in [7, 11) is 0. The van der Waals surface area contributed by atoms with Crippen LogP contribution < -0.4 is 32.4 Å². The van der Waals surface area contributed by atoms with Crippen LogP contribution in [0.2, 0.25) is 0 Å². The summed E-state index contributed by atoms with van der Waals surface area (Å²) < 4.78 is 14.0. The Kier molecular flexibility index (Phi) is 13.2. The van der Waals surface area contributed by atoms with Crippen LogP contribution in [0.1, 0.15) is 81.6 Å². The summed E-state index contributed by atoms with van der Waals surface area (Å²) in [4.78, 5) is 10.8. The number of carbonyl (C=O) groups excluding carboxylic acids is 1. The number of phenolic OH excluding ortho intramolecular Hbond substituents is 1. The molecule has 4 aliphatic rings. The second-order valence-electron chi connectivity index (χ2n) is 15.4. The van der Waals surface area contributed by atoms with Crippen LogP contribution in [-0.4, -0.2) is 78.3 Å². The molecule has 278 valence electrons. The van der Waals surface area contributed by atoms with Crippen LogP contribution in [0, 0.1) is 11.8 Å². The Morgan fingerprint density at radius 3 is 2.35 bits per heavy atom. The van der Waals surface area contributed by atoms with Gasteiger partial charge in [-0.25, -0.2) is 0 Å². The molecule has 1 aliphatic carbocycles. The van der Waals surface area contributed by atoms with Gasteiger partial charge in [0.25, 0.3) is 0 Å². The highest BCUT2D eigenvalue weighted by Gasteiger charge is 2.48. The summed E-state index contributed by atoms with van der Waals surface area (Å²) >= 11 is 0. The number of quaternary nitrogens is 1. The van der Waals surface area contributed by atoms with Gasteiger partial charge in [0.05, 0.1) is 44.6 Å². The van der Waals surface area contributed by atoms with Crippen molar-refractivity contribution in [1.82, 2.24) is 5.32 Å². The van der Waals surface area contributed by atoms with E-state index in [2.05, 4.69) is 48.7 Å². The van der Waals surface area contributed by atoms with Crippen LogP contribution in [0.15, 0.2) is 72.8 Å². The van der Waals surface area contributed by atoms with E-state index in [1.54, 1.807) is 12.1 Å². The fourth-order valence-corrected chi connectivity index (χ4v) is 8.60. The summed E-state index contributed by atoms with van der Waals surface area (Å²) in [6.45, 7) is 9.96. The highest BCUT2D eigenvalue weighted by Crippen LogP contribution is 2.43. The zero-order valence-corrected chi connectivity index (χ0v) is 31.7. The van der Waals surface area contributed by atoms with Crippen molar-refractivity contribution in [1.29, 1.82) is 0 Å². The molecule has 4 fully saturated rings. The number of nitrogens with zero attached hydrogens (tertiary/aromatic N) is 1. The molecule has 1 saturated carbocycles. The molecule has 0 aromatic heterocycles. The zero-order valence-electron chi connectivity index (χ0n) is 30.1. The van der Waals surface area contributed by atoms with E-state index in [1.807, 2.05) is 30.3 Å². The van der Waals surface area contributed by atoms with Gasteiger partial charge in [0, 0.05) is 37.3 Å². The van der Waals surface area contributed by atoms with Crippen molar-refractivity contribution < 1.29 is 51.1 Å². The minimum absolute atomic E-state index is 0. The molecule has 5 N–H and O–H groups in total. The maximum absolute atomic E-state index is 12.0. The lowest BCUT2D eigenvalue weighted by Crippen LogP contribution is -3.00. The van der Waals surface area contributed by atoms with Crippen molar-refractivity contribution in [2.45, 2.75) is 82.1 Å². The van der Waals surface area contributed by atoms with Crippen molar-refractivity contribution >= 4 is 12.1 Å². The number of nitrogens with one attached hydrogen (secondary N) is 2. The molecule has 51 heavy (non-hydrogen) atoms. The maximum atomic E-state index is 12.0. The molecule has 3 aromatic rings. The van der Waals surface area contributed by atoms with Gasteiger partial charge in [-0.1, -0.05) is 61.4 Å². The van der Waals surface area contributed by atoms with Crippen molar-refractivity contribution in [3.8, 4) is 11.5 Å². The number of hydrogen-bond acceptors (Lipinski definition) is 7. The summed E-state index contributed by atoms with van der Waals surface area (Å²) in [6.07, 6.45) is 7.72. The highest BCUT2D eigenvalue weighted by atomic mass is 79.9. The van der Waals surface area contributed by atoms with Gasteiger partial charge in [0.15, 0.2) is 0 Å². The molecule has 3 aromatic carbocycles. The minimum Gasteiger partial charge on any atom is -1.00 e. The first-order valence-electron chi connectivity index (χ1n) is 18.5. The minimum atomic E-state index is -0.918. The quantitative estimate of drug-likeness (QED) is 0.0621. The molecule has 3 aliphatic heterocycles. The van der Waals surface area contributed by atoms with Gasteiger partial charge in [0.2, 0.25) is 6.41 Å². The summed E-state index contributed by atoms with van der Waals surface area (Å²) in [5, 5.41) is 38.6. The maximum Gasteiger partial charge on any atom is 0.211 e. The molecule has 0 spiro atoms. The van der Waals surface area contributed by atoms with E-state index in [-0.39, 0.29) is 47.0 Å². The molecular formula is C41H56BrN3O6. The zero-order chi connectivity index (χ0) is 35.2.